The van der Waals surface area contributed by atoms with E-state index in [1.807, 2.05) is 0 Å². The highest BCUT2D eigenvalue weighted by Gasteiger charge is 2.51. The quantitative estimate of drug-likeness (QED) is 0.193. The number of carboxylic acids is 1. The first-order valence-electron chi connectivity index (χ1n) is 12.8. The van der Waals surface area contributed by atoms with E-state index in [1.165, 1.54) is 0 Å². The third-order valence-electron chi connectivity index (χ3n) is 7.55. The molecule has 0 aromatic rings. The number of hydrogen-bond donors (Lipinski definition) is 5. The maximum atomic E-state index is 13.6. The fourth-order valence-electron chi connectivity index (χ4n) is 5.34. The number of amides is 4. The summed E-state index contributed by atoms with van der Waals surface area (Å²) >= 11 is 0. The van der Waals surface area contributed by atoms with Crippen LogP contribution < -0.4 is 21.3 Å². The third-order valence-corrected chi connectivity index (χ3v) is 7.55. The van der Waals surface area contributed by atoms with Gasteiger partial charge >= 0.3 is 5.97 Å². The minimum atomic E-state index is -1.09. The molecule has 38 heavy (non-hydrogen) atoms. The zero-order valence-corrected chi connectivity index (χ0v) is 21.5. The second-order valence-electron chi connectivity index (χ2n) is 9.99. The summed E-state index contributed by atoms with van der Waals surface area (Å²) in [4.78, 5) is 62.5. The average molecular weight is 525 g/mol. The number of carbonyl (C=O) groups is 5. The van der Waals surface area contributed by atoms with Crippen LogP contribution >= 0.6 is 0 Å². The highest BCUT2D eigenvalue weighted by atomic mass is 16.4. The van der Waals surface area contributed by atoms with E-state index in [4.69, 9.17) is 19.3 Å². The molecule has 5 N–H and O–H groups in total. The molecule has 4 amide bonds. The molecule has 0 aromatic heterocycles. The summed E-state index contributed by atoms with van der Waals surface area (Å²) in [5.74, 6) is 3.85. The van der Waals surface area contributed by atoms with Crippen LogP contribution in [0.25, 0.3) is 0 Å². The fraction of sp³-hybridized carbons (Fsp3) is 0.607. The van der Waals surface area contributed by atoms with Gasteiger partial charge in [-0.3, -0.25) is 24.0 Å². The maximum Gasteiger partial charge on any atom is 0.306 e. The predicted octanol–water partition coefficient (Wildman–Crippen LogP) is 0.177. The Morgan fingerprint density at radius 1 is 0.684 bits per heavy atom. The summed E-state index contributed by atoms with van der Waals surface area (Å²) in [6.45, 7) is 0.133. The number of fused-ring (bicyclic) bond motifs is 2. The first-order chi connectivity index (χ1) is 18.1. The lowest BCUT2D eigenvalue weighted by Crippen LogP contribution is -2.56. The van der Waals surface area contributed by atoms with Gasteiger partial charge in [0.2, 0.25) is 23.6 Å². The van der Waals surface area contributed by atoms with Gasteiger partial charge in [-0.05, 0) is 50.4 Å². The minimum Gasteiger partial charge on any atom is -0.481 e. The Kier molecular flexibility index (Phi) is 11.7. The van der Waals surface area contributed by atoms with Gasteiger partial charge in [0.1, 0.15) is 0 Å². The van der Waals surface area contributed by atoms with Crippen LogP contribution in [0.2, 0.25) is 0 Å². The lowest BCUT2D eigenvalue weighted by atomic mass is 9.55. The van der Waals surface area contributed by atoms with Gasteiger partial charge in [0, 0.05) is 30.7 Å². The van der Waals surface area contributed by atoms with Crippen LogP contribution in [-0.2, 0) is 24.0 Å². The van der Waals surface area contributed by atoms with E-state index < -0.39 is 23.3 Å². The van der Waals surface area contributed by atoms with Crippen LogP contribution in [0.5, 0.6) is 0 Å². The number of terminal acetylenes is 3. The molecule has 204 valence electrons. The van der Waals surface area contributed by atoms with E-state index in [1.54, 1.807) is 0 Å². The smallest absolute Gasteiger partial charge is 0.306 e. The minimum absolute atomic E-state index is 0.00612. The summed E-state index contributed by atoms with van der Waals surface area (Å²) in [5, 5.41) is 20.4. The van der Waals surface area contributed by atoms with Crippen LogP contribution in [0.4, 0.5) is 0 Å². The van der Waals surface area contributed by atoms with Crippen LogP contribution in [0.3, 0.4) is 0 Å². The normalized spacial score (nSPS) is 21.3. The second-order valence-corrected chi connectivity index (χ2v) is 9.99. The monoisotopic (exact) mass is 524 g/mol. The van der Waals surface area contributed by atoms with Gasteiger partial charge in [0.05, 0.1) is 25.6 Å². The van der Waals surface area contributed by atoms with Crippen molar-refractivity contribution in [1.29, 1.82) is 0 Å². The summed E-state index contributed by atoms with van der Waals surface area (Å²) in [7, 11) is 0. The Morgan fingerprint density at radius 3 is 1.45 bits per heavy atom. The van der Waals surface area contributed by atoms with Gasteiger partial charge in [0.15, 0.2) is 0 Å². The zero-order chi connectivity index (χ0) is 28.1. The Bertz CT molecular complexity index is 944. The summed E-state index contributed by atoms with van der Waals surface area (Å²) in [5.41, 5.74) is -1.09. The van der Waals surface area contributed by atoms with E-state index in [0.29, 0.717) is 12.8 Å². The molecular weight excluding hydrogens is 488 g/mol. The van der Waals surface area contributed by atoms with Gasteiger partial charge in [0.25, 0.3) is 0 Å². The molecule has 3 rings (SSSR count). The van der Waals surface area contributed by atoms with Crippen molar-refractivity contribution in [3.05, 3.63) is 0 Å². The highest BCUT2D eigenvalue weighted by molar-refractivity contribution is 5.83. The number of nitrogens with one attached hydrogen (secondary N) is 4. The van der Waals surface area contributed by atoms with Crippen molar-refractivity contribution in [3.8, 4) is 37.0 Å². The lowest BCUT2D eigenvalue weighted by molar-refractivity contribution is -0.155. The lowest BCUT2D eigenvalue weighted by Gasteiger charge is -2.50. The highest BCUT2D eigenvalue weighted by Crippen LogP contribution is 2.52. The maximum absolute atomic E-state index is 13.6. The molecule has 0 spiro atoms. The Hall–Kier alpha value is -3.97. The first-order valence-corrected chi connectivity index (χ1v) is 12.8. The standard InChI is InChI=1S/C28H36N4O6/c1-4-13-29-23(33)7-10-28(11-8-24(34)30-14-5-2,12-9-25(35)31-15-6-3)32-26(36)21-18-22(27(37)38)20-16-19(21)17-20/h1-3,19-22H,7-18H2,(H,29,33)(H,30,34)(H,31,35)(H,32,36)(H,37,38)/t19?,20?,21-,22+/m1/s1. The van der Waals surface area contributed by atoms with Crippen molar-refractivity contribution < 1.29 is 29.1 Å². The Labute approximate surface area is 223 Å². The summed E-state index contributed by atoms with van der Waals surface area (Å²) < 4.78 is 0. The second kappa shape index (κ2) is 14.7. The Balaban J connectivity index is 2.26. The largest absolute Gasteiger partial charge is 0.481 e. The molecule has 0 saturated heterocycles. The van der Waals surface area contributed by atoms with E-state index >= 15 is 0 Å². The SMILES string of the molecule is C#CCNC(=O)CCC(CCC(=O)NCC#C)(CCC(=O)NCC#C)NC(=O)[C@@H]1C[C@H](C(=O)O)C2CC1C2. The predicted molar refractivity (Wildman–Crippen MR) is 140 cm³/mol. The van der Waals surface area contributed by atoms with Crippen molar-refractivity contribution >= 4 is 29.6 Å². The van der Waals surface area contributed by atoms with Gasteiger partial charge in [-0.1, -0.05) is 17.8 Å². The van der Waals surface area contributed by atoms with E-state index in [2.05, 4.69) is 39.0 Å². The molecule has 0 radical (unpaired) electrons. The molecule has 0 unspecified atom stereocenters. The molecule has 2 atom stereocenters. The summed E-state index contributed by atoms with van der Waals surface area (Å²) in [6, 6.07) is 0. The molecule has 2 bridgehead atoms. The zero-order valence-electron chi connectivity index (χ0n) is 21.5. The van der Waals surface area contributed by atoms with E-state index in [0.717, 1.165) is 0 Å². The number of carbonyl (C=O) groups excluding carboxylic acids is 4. The molecule has 0 heterocycles. The van der Waals surface area contributed by atoms with Crippen LogP contribution in [0, 0.1) is 60.7 Å². The fourth-order valence-corrected chi connectivity index (χ4v) is 5.34. The number of rotatable bonds is 15. The Morgan fingerprint density at radius 2 is 1.08 bits per heavy atom. The van der Waals surface area contributed by atoms with Gasteiger partial charge in [-0.2, -0.15) is 0 Å². The van der Waals surface area contributed by atoms with Gasteiger partial charge < -0.3 is 26.4 Å². The van der Waals surface area contributed by atoms with Gasteiger partial charge in [-0.25, -0.2) is 0 Å². The molecule has 0 aliphatic heterocycles. The molecular formula is C28H36N4O6. The molecule has 0 aromatic carbocycles. The van der Waals surface area contributed by atoms with Crippen molar-refractivity contribution in [1.82, 2.24) is 21.3 Å². The molecule has 3 saturated carbocycles. The van der Waals surface area contributed by atoms with Crippen LogP contribution in [0.15, 0.2) is 0 Å². The molecule has 3 fully saturated rings. The summed E-state index contributed by atoms with van der Waals surface area (Å²) in [6.07, 6.45) is 17.7. The van der Waals surface area contributed by atoms with Crippen molar-refractivity contribution in [3.63, 3.8) is 0 Å². The van der Waals surface area contributed by atoms with Crippen molar-refractivity contribution in [2.75, 3.05) is 19.6 Å². The van der Waals surface area contributed by atoms with Crippen LogP contribution in [0.1, 0.15) is 57.8 Å². The molecule has 10 nitrogen and oxygen atoms in total. The van der Waals surface area contributed by atoms with E-state index in [-0.39, 0.29) is 100 Å². The topological polar surface area (TPSA) is 154 Å². The molecule has 3 aliphatic carbocycles. The van der Waals surface area contributed by atoms with Crippen molar-refractivity contribution in [2.45, 2.75) is 63.3 Å². The average Bonchev–Trinajstić information content (AvgIpc) is 2.89. The van der Waals surface area contributed by atoms with Gasteiger partial charge in [-0.15, -0.1) is 19.3 Å². The molecule has 10 heteroatoms. The van der Waals surface area contributed by atoms with Crippen molar-refractivity contribution in [2.24, 2.45) is 23.7 Å². The van der Waals surface area contributed by atoms with Crippen LogP contribution in [-0.4, -0.2) is 59.9 Å². The number of aliphatic carboxylic acids is 1. The third kappa shape index (κ3) is 8.85. The molecule has 3 aliphatic rings. The number of carboxylic acid groups (broad SMARTS) is 1. The van der Waals surface area contributed by atoms with E-state index in [9.17, 15) is 29.1 Å². The number of hydrogen-bond acceptors (Lipinski definition) is 5. The first kappa shape index (κ1) is 30.3.